The van der Waals surface area contributed by atoms with Gasteiger partial charge < -0.3 is 11.1 Å². The largest absolute Gasteiger partial charge is 0.399 e. The van der Waals surface area contributed by atoms with Gasteiger partial charge >= 0.3 is 0 Å². The molecule has 87 heavy (non-hydrogen) atoms. The lowest BCUT2D eigenvalue weighted by molar-refractivity contribution is 0.722. The predicted octanol–water partition coefficient (Wildman–Crippen LogP) is 22.3. The van der Waals surface area contributed by atoms with E-state index < -0.39 is 0 Å². The third-order valence-electron chi connectivity index (χ3n) is 17.9. The average Bonchev–Trinajstić information content (AvgIpc) is 1.61. The maximum absolute atomic E-state index is 6.51. The summed E-state index contributed by atoms with van der Waals surface area (Å²) < 4.78 is 0. The molecule has 2 spiro atoms. The highest BCUT2D eigenvalue weighted by molar-refractivity contribution is 7.99. The highest BCUT2D eigenvalue weighted by atomic mass is 35.5. The molecular formula is C82H55ClN2S2. The van der Waals surface area contributed by atoms with Gasteiger partial charge in [-0.2, -0.15) is 0 Å². The number of halogens is 1. The summed E-state index contributed by atoms with van der Waals surface area (Å²) in [6.45, 7) is 0. The van der Waals surface area contributed by atoms with Gasteiger partial charge in [-0.15, -0.1) is 0 Å². The number of nitrogen functional groups attached to an aromatic ring is 1. The Kier molecular flexibility index (Phi) is 13.1. The van der Waals surface area contributed by atoms with Gasteiger partial charge in [0, 0.05) is 41.7 Å². The molecule has 0 radical (unpaired) electrons. The van der Waals surface area contributed by atoms with E-state index in [0.29, 0.717) is 0 Å². The van der Waals surface area contributed by atoms with Crippen LogP contribution in [0.3, 0.4) is 0 Å². The number of nitrogens with two attached hydrogens (primary N) is 1. The first kappa shape index (κ1) is 52.7. The fourth-order valence-electron chi connectivity index (χ4n) is 14.1. The minimum atomic E-state index is -0.365. The highest BCUT2D eigenvalue weighted by Gasteiger charge is 2.51. The second-order valence-corrected chi connectivity index (χ2v) is 25.3. The van der Waals surface area contributed by atoms with Crippen molar-refractivity contribution in [1.29, 1.82) is 0 Å². The molecule has 2 nitrogen and oxygen atoms in total. The summed E-state index contributed by atoms with van der Waals surface area (Å²) in [4.78, 5) is 5.23. The maximum atomic E-state index is 6.51. The molecule has 0 bridgehead atoms. The lowest BCUT2D eigenvalue weighted by atomic mass is 9.67. The second kappa shape index (κ2) is 21.6. The smallest absolute Gasteiger partial charge is 0.0736 e. The quantitative estimate of drug-likeness (QED) is 0.172. The molecule has 2 heterocycles. The Bertz CT molecular complexity index is 4920. The van der Waals surface area contributed by atoms with Crippen LogP contribution in [0.1, 0.15) is 44.5 Å². The minimum Gasteiger partial charge on any atom is -0.399 e. The summed E-state index contributed by atoms with van der Waals surface area (Å²) in [6, 6.07) is 113. The molecule has 412 valence electrons. The monoisotopic (exact) mass is 1170 g/mol. The number of nitrogens with one attached hydrogen (secondary N) is 1. The Morgan fingerprint density at radius 3 is 1.14 bits per heavy atom. The van der Waals surface area contributed by atoms with Crippen LogP contribution < -0.4 is 11.1 Å². The number of fused-ring (bicyclic) bond motifs is 20. The Morgan fingerprint density at radius 2 is 0.632 bits per heavy atom. The number of rotatable bonds is 4. The van der Waals surface area contributed by atoms with Gasteiger partial charge in [0.15, 0.2) is 0 Å². The van der Waals surface area contributed by atoms with Gasteiger partial charge in [-0.3, -0.25) is 0 Å². The van der Waals surface area contributed by atoms with Crippen LogP contribution in [0.5, 0.6) is 0 Å². The zero-order valence-electron chi connectivity index (χ0n) is 47.3. The minimum absolute atomic E-state index is 0.310. The zero-order valence-corrected chi connectivity index (χ0v) is 49.7. The molecule has 14 aromatic rings. The molecule has 0 saturated heterocycles. The van der Waals surface area contributed by atoms with E-state index >= 15 is 0 Å². The summed E-state index contributed by atoms with van der Waals surface area (Å²) in [5.41, 5.74) is 29.1. The molecule has 0 saturated carbocycles. The van der Waals surface area contributed by atoms with E-state index in [1.807, 2.05) is 47.8 Å². The van der Waals surface area contributed by atoms with Crippen molar-refractivity contribution in [3.05, 3.63) is 365 Å². The highest BCUT2D eigenvalue weighted by Crippen LogP contribution is 2.64. The Morgan fingerprint density at radius 1 is 0.264 bits per heavy atom. The van der Waals surface area contributed by atoms with Gasteiger partial charge in [0.1, 0.15) is 0 Å². The third-order valence-corrected chi connectivity index (χ3v) is 20.4. The van der Waals surface area contributed by atoms with Crippen LogP contribution in [0.25, 0.3) is 66.1 Å². The molecule has 0 atom stereocenters. The second-order valence-electron chi connectivity index (χ2n) is 22.7. The summed E-state index contributed by atoms with van der Waals surface area (Å²) in [5.74, 6) is 0. The number of hydrogen-bond acceptors (Lipinski definition) is 4. The number of hydrogen-bond donors (Lipinski definition) is 2. The number of anilines is 3. The maximum Gasteiger partial charge on any atom is 0.0736 e. The van der Waals surface area contributed by atoms with Crippen LogP contribution in [0, 0.1) is 0 Å². The van der Waals surface area contributed by atoms with Gasteiger partial charge in [-0.05, 0) is 195 Å². The van der Waals surface area contributed by atoms with Crippen LogP contribution in [0.15, 0.2) is 335 Å². The van der Waals surface area contributed by atoms with Crippen molar-refractivity contribution in [3.63, 3.8) is 0 Å². The van der Waals surface area contributed by atoms with E-state index in [0.717, 1.165) is 22.1 Å². The van der Waals surface area contributed by atoms with Crippen molar-refractivity contribution >= 4 is 73.7 Å². The zero-order chi connectivity index (χ0) is 58.1. The van der Waals surface area contributed by atoms with Gasteiger partial charge in [0.25, 0.3) is 0 Å². The lowest BCUT2D eigenvalue weighted by Gasteiger charge is -2.40. The van der Waals surface area contributed by atoms with E-state index in [1.165, 1.54) is 130 Å². The van der Waals surface area contributed by atoms with Crippen molar-refractivity contribution in [2.24, 2.45) is 0 Å². The van der Waals surface area contributed by atoms with Crippen LogP contribution >= 0.6 is 35.1 Å². The molecule has 0 unspecified atom stereocenters. The van der Waals surface area contributed by atoms with Crippen LogP contribution in [0.2, 0.25) is 5.02 Å². The lowest BCUT2D eigenvalue weighted by Crippen LogP contribution is -2.32. The fourth-order valence-corrected chi connectivity index (χ4v) is 16.7. The van der Waals surface area contributed by atoms with E-state index in [1.54, 1.807) is 0 Å². The van der Waals surface area contributed by atoms with E-state index in [-0.39, 0.29) is 10.8 Å². The van der Waals surface area contributed by atoms with Crippen molar-refractivity contribution in [2.45, 2.75) is 30.4 Å². The van der Waals surface area contributed by atoms with Crippen molar-refractivity contribution < 1.29 is 0 Å². The standard InChI is InChI=1S/C41H27NS.C25H15ClS.C16H13N/c1-2-10-27(11-3-1)29-19-18-28-20-21-31(25-30(28)24-29)42-32-22-23-40-38(26-32)41(37-16-8-9-17-39(37)43-40)35-14-6-4-12-33(35)34-13-5-7-15-36(34)41;26-16-13-14-24-22(15-16)25(21-11-5-6-12-23(21)27-24)19-9-3-1-7-17(19)18-8-2-4-10-20(18)25;17-16-9-8-13-6-7-14(10-15(13)11-16)12-4-2-1-3-5-12/h1-26,42H;1-15H;1-11H,17H2. The molecule has 4 aliphatic rings. The van der Waals surface area contributed by atoms with Gasteiger partial charge in [-0.1, -0.05) is 266 Å². The van der Waals surface area contributed by atoms with Gasteiger partial charge in [-0.25, -0.2) is 0 Å². The molecule has 2 aliphatic heterocycles. The summed E-state index contributed by atoms with van der Waals surface area (Å²) in [5, 5.41) is 9.43. The first-order valence-electron chi connectivity index (χ1n) is 29.5. The van der Waals surface area contributed by atoms with Gasteiger partial charge in [0.05, 0.1) is 10.8 Å². The van der Waals surface area contributed by atoms with Crippen molar-refractivity contribution in [2.75, 3.05) is 11.1 Å². The van der Waals surface area contributed by atoms with E-state index in [2.05, 4.69) is 297 Å². The Balaban J connectivity index is 0.000000118. The van der Waals surface area contributed by atoms with Crippen LogP contribution in [-0.2, 0) is 10.8 Å². The normalized spacial score (nSPS) is 13.5. The van der Waals surface area contributed by atoms with E-state index in [4.69, 9.17) is 17.3 Å². The summed E-state index contributed by atoms with van der Waals surface area (Å²) >= 11 is 10.2. The average molecular weight is 1170 g/mol. The molecule has 2 aliphatic carbocycles. The molecule has 3 N–H and O–H groups in total. The van der Waals surface area contributed by atoms with Crippen molar-refractivity contribution in [3.8, 4) is 44.5 Å². The molecule has 18 rings (SSSR count). The van der Waals surface area contributed by atoms with Crippen LogP contribution in [0.4, 0.5) is 17.1 Å². The third kappa shape index (κ3) is 8.81. The topological polar surface area (TPSA) is 38.0 Å². The van der Waals surface area contributed by atoms with Crippen molar-refractivity contribution in [1.82, 2.24) is 0 Å². The Labute approximate surface area is 521 Å². The number of benzene rings is 14. The first-order chi connectivity index (χ1) is 42.9. The molecule has 14 aromatic carbocycles. The predicted molar refractivity (Wildman–Crippen MR) is 367 cm³/mol. The SMILES string of the molecule is Clc1ccc2c(c1)C1(c3ccccc3S2)c2ccccc2-c2ccccc21.Nc1ccc2ccc(-c3ccccc3)cc2c1.c1ccc(-c2ccc3ccc(Nc4ccc5c(c4)C4(c6ccccc6S5)c5ccccc5-c5ccccc54)cc3c2)cc1. The molecule has 0 amide bonds. The molecule has 0 aromatic heterocycles. The van der Waals surface area contributed by atoms with Gasteiger partial charge in [0.2, 0.25) is 0 Å². The molecular weight excluding hydrogens is 1110 g/mol. The first-order valence-corrected chi connectivity index (χ1v) is 31.5. The Hall–Kier alpha value is -9.81. The fraction of sp³-hybridized carbons (Fsp3) is 0.0244. The summed E-state index contributed by atoms with van der Waals surface area (Å²) in [6.07, 6.45) is 0. The van der Waals surface area contributed by atoms with E-state index in [9.17, 15) is 0 Å². The summed E-state index contributed by atoms with van der Waals surface area (Å²) in [7, 11) is 0. The van der Waals surface area contributed by atoms with Crippen LogP contribution in [-0.4, -0.2) is 0 Å². The molecule has 5 heteroatoms. The molecule has 0 fully saturated rings.